The summed E-state index contributed by atoms with van der Waals surface area (Å²) in [6, 6.07) is 6.31. The molecule has 0 heterocycles. The molecule has 4 heteroatoms. The van der Waals surface area contributed by atoms with Gasteiger partial charge in [0.15, 0.2) is 0 Å². The number of benzene rings is 1. The quantitative estimate of drug-likeness (QED) is 0.850. The molecule has 0 aliphatic carbocycles. The van der Waals surface area contributed by atoms with Crippen LogP contribution in [0, 0.1) is 0 Å². The summed E-state index contributed by atoms with van der Waals surface area (Å²) < 4.78 is 0. The molecule has 0 saturated carbocycles. The van der Waals surface area contributed by atoms with Crippen molar-refractivity contribution in [1.82, 2.24) is 4.90 Å². The average Bonchev–Trinajstić information content (AvgIpc) is 2.26. The topological polar surface area (TPSA) is 40.5 Å². The van der Waals surface area contributed by atoms with Crippen LogP contribution in [0.15, 0.2) is 24.3 Å². The molecule has 1 amide bonds. The largest absolute Gasteiger partial charge is 0.508 e. The van der Waals surface area contributed by atoms with E-state index in [2.05, 4.69) is 0 Å². The lowest BCUT2D eigenvalue weighted by Gasteiger charge is -2.16. The van der Waals surface area contributed by atoms with Gasteiger partial charge in [-0.3, -0.25) is 4.79 Å². The Balaban J connectivity index is 2.63. The van der Waals surface area contributed by atoms with Gasteiger partial charge >= 0.3 is 0 Å². The van der Waals surface area contributed by atoms with E-state index >= 15 is 0 Å². The van der Waals surface area contributed by atoms with Gasteiger partial charge < -0.3 is 10.0 Å². The highest BCUT2D eigenvalue weighted by molar-refractivity contribution is 7.98. The molecule has 1 aromatic carbocycles. The molecule has 82 valence electrons. The van der Waals surface area contributed by atoms with E-state index in [1.807, 2.05) is 6.26 Å². The number of aromatic hydroxyl groups is 1. The second-order valence-electron chi connectivity index (χ2n) is 3.27. The fraction of sp³-hybridized carbons (Fsp3) is 0.364. The summed E-state index contributed by atoms with van der Waals surface area (Å²) in [5.41, 5.74) is 0.608. The normalized spacial score (nSPS) is 10.0. The van der Waals surface area contributed by atoms with Gasteiger partial charge in [0.25, 0.3) is 5.91 Å². The molecule has 0 aliphatic heterocycles. The molecule has 0 spiro atoms. The van der Waals surface area contributed by atoms with Crippen LogP contribution in [0.2, 0.25) is 0 Å². The molecule has 0 radical (unpaired) electrons. The van der Waals surface area contributed by atoms with E-state index in [0.717, 1.165) is 12.3 Å². The molecule has 0 fully saturated rings. The number of hydrogen-bond donors (Lipinski definition) is 1. The van der Waals surface area contributed by atoms with Gasteiger partial charge in [0.05, 0.1) is 0 Å². The lowest BCUT2D eigenvalue weighted by molar-refractivity contribution is 0.0804. The molecule has 0 bridgehead atoms. The summed E-state index contributed by atoms with van der Waals surface area (Å²) in [4.78, 5) is 13.5. The van der Waals surface area contributed by atoms with Crippen molar-refractivity contribution in [3.05, 3.63) is 29.8 Å². The highest BCUT2D eigenvalue weighted by Crippen LogP contribution is 2.11. The number of amides is 1. The van der Waals surface area contributed by atoms with Gasteiger partial charge in [-0.1, -0.05) is 0 Å². The summed E-state index contributed by atoms with van der Waals surface area (Å²) in [7, 11) is 1.78. The van der Waals surface area contributed by atoms with E-state index in [0.29, 0.717) is 5.56 Å². The van der Waals surface area contributed by atoms with E-state index in [9.17, 15) is 4.79 Å². The van der Waals surface area contributed by atoms with E-state index in [4.69, 9.17) is 5.11 Å². The standard InChI is InChI=1S/C11H15NO2S/c1-12(7-8-15-2)11(14)9-3-5-10(13)6-4-9/h3-6,13H,7-8H2,1-2H3. The smallest absolute Gasteiger partial charge is 0.253 e. The molecule has 15 heavy (non-hydrogen) atoms. The molecule has 0 aliphatic rings. The first-order valence-electron chi connectivity index (χ1n) is 4.68. The van der Waals surface area contributed by atoms with Gasteiger partial charge in [-0.05, 0) is 30.5 Å². The number of nitrogens with zero attached hydrogens (tertiary/aromatic N) is 1. The van der Waals surface area contributed by atoms with Crippen molar-refractivity contribution >= 4 is 17.7 Å². The van der Waals surface area contributed by atoms with Crippen molar-refractivity contribution in [1.29, 1.82) is 0 Å². The lowest BCUT2D eigenvalue weighted by atomic mass is 10.2. The van der Waals surface area contributed by atoms with Gasteiger partial charge in [-0.2, -0.15) is 11.8 Å². The van der Waals surface area contributed by atoms with Crippen molar-refractivity contribution in [2.45, 2.75) is 0 Å². The number of carbonyl (C=O) groups excluding carboxylic acids is 1. The number of phenols is 1. The van der Waals surface area contributed by atoms with Crippen LogP contribution in [0.3, 0.4) is 0 Å². The van der Waals surface area contributed by atoms with E-state index in [1.54, 1.807) is 35.8 Å². The van der Waals surface area contributed by atoms with Crippen LogP contribution in [-0.4, -0.2) is 41.5 Å². The molecule has 1 N–H and O–H groups in total. The van der Waals surface area contributed by atoms with Crippen LogP contribution in [0.1, 0.15) is 10.4 Å². The molecule has 0 unspecified atom stereocenters. The highest BCUT2D eigenvalue weighted by Gasteiger charge is 2.10. The van der Waals surface area contributed by atoms with Crippen LogP contribution >= 0.6 is 11.8 Å². The molecular formula is C11H15NO2S. The molecule has 1 aromatic rings. The first-order chi connectivity index (χ1) is 7.15. The predicted octanol–water partition coefficient (Wildman–Crippen LogP) is 1.83. The van der Waals surface area contributed by atoms with Gasteiger partial charge in [0.2, 0.25) is 0 Å². The second-order valence-corrected chi connectivity index (χ2v) is 4.25. The summed E-state index contributed by atoms with van der Waals surface area (Å²) >= 11 is 1.71. The van der Waals surface area contributed by atoms with E-state index in [-0.39, 0.29) is 11.7 Å². The number of thioether (sulfide) groups is 1. The van der Waals surface area contributed by atoms with Crippen LogP contribution in [0.25, 0.3) is 0 Å². The number of rotatable bonds is 4. The number of hydrogen-bond acceptors (Lipinski definition) is 3. The van der Waals surface area contributed by atoms with E-state index in [1.165, 1.54) is 12.1 Å². The van der Waals surface area contributed by atoms with Crippen LogP contribution in [0.4, 0.5) is 0 Å². The van der Waals surface area contributed by atoms with Crippen molar-refractivity contribution in [2.75, 3.05) is 25.6 Å². The maximum atomic E-state index is 11.8. The summed E-state index contributed by atoms with van der Waals surface area (Å²) in [5.74, 6) is 1.10. The maximum absolute atomic E-state index is 11.8. The third-order valence-corrected chi connectivity index (χ3v) is 2.68. The van der Waals surface area contributed by atoms with Gasteiger partial charge in [-0.25, -0.2) is 0 Å². The summed E-state index contributed by atoms with van der Waals surface area (Å²) in [6.45, 7) is 0.737. The van der Waals surface area contributed by atoms with Crippen LogP contribution in [-0.2, 0) is 0 Å². The first kappa shape index (κ1) is 11.9. The minimum absolute atomic E-state index is 0.0101. The van der Waals surface area contributed by atoms with Crippen molar-refractivity contribution in [3.63, 3.8) is 0 Å². The Morgan fingerprint density at radius 3 is 2.53 bits per heavy atom. The maximum Gasteiger partial charge on any atom is 0.253 e. The fourth-order valence-corrected chi connectivity index (χ4v) is 1.61. The van der Waals surface area contributed by atoms with Crippen LogP contribution in [0.5, 0.6) is 5.75 Å². The predicted molar refractivity (Wildman–Crippen MR) is 63.4 cm³/mol. The number of carbonyl (C=O) groups is 1. The Hall–Kier alpha value is -1.16. The lowest BCUT2D eigenvalue weighted by Crippen LogP contribution is -2.28. The zero-order valence-corrected chi connectivity index (χ0v) is 9.75. The zero-order valence-electron chi connectivity index (χ0n) is 8.93. The average molecular weight is 225 g/mol. The third-order valence-electron chi connectivity index (χ3n) is 2.09. The molecule has 0 aromatic heterocycles. The Bertz CT molecular complexity index is 324. The summed E-state index contributed by atoms with van der Waals surface area (Å²) in [5, 5.41) is 9.09. The molecular weight excluding hydrogens is 210 g/mol. The number of phenolic OH excluding ortho intramolecular Hbond substituents is 1. The third kappa shape index (κ3) is 3.47. The minimum Gasteiger partial charge on any atom is -0.508 e. The zero-order chi connectivity index (χ0) is 11.3. The van der Waals surface area contributed by atoms with E-state index < -0.39 is 0 Å². The van der Waals surface area contributed by atoms with Crippen LogP contribution < -0.4 is 0 Å². The highest BCUT2D eigenvalue weighted by atomic mass is 32.2. The Labute approximate surface area is 94.1 Å². The molecule has 1 rings (SSSR count). The first-order valence-corrected chi connectivity index (χ1v) is 6.08. The van der Waals surface area contributed by atoms with Gasteiger partial charge in [0, 0.05) is 24.9 Å². The summed E-state index contributed by atoms with van der Waals surface area (Å²) in [6.07, 6.45) is 2.01. The van der Waals surface area contributed by atoms with Crippen molar-refractivity contribution in [3.8, 4) is 5.75 Å². The molecule has 0 saturated heterocycles. The fourth-order valence-electron chi connectivity index (χ4n) is 1.15. The SMILES string of the molecule is CSCCN(C)C(=O)c1ccc(O)cc1. The minimum atomic E-state index is -0.0101. The van der Waals surface area contributed by atoms with Gasteiger partial charge in [-0.15, -0.1) is 0 Å². The van der Waals surface area contributed by atoms with Gasteiger partial charge in [0.1, 0.15) is 5.75 Å². The second kappa shape index (κ2) is 5.66. The Morgan fingerprint density at radius 2 is 2.00 bits per heavy atom. The Kier molecular flexibility index (Phi) is 4.49. The molecule has 3 nitrogen and oxygen atoms in total. The monoisotopic (exact) mass is 225 g/mol. The Morgan fingerprint density at radius 1 is 1.40 bits per heavy atom. The van der Waals surface area contributed by atoms with Crippen molar-refractivity contribution < 1.29 is 9.90 Å². The molecule has 0 atom stereocenters. The van der Waals surface area contributed by atoms with Crippen molar-refractivity contribution in [2.24, 2.45) is 0 Å².